The van der Waals surface area contributed by atoms with Crippen LogP contribution in [0.15, 0.2) is 78.9 Å². The fraction of sp³-hybridized carbons (Fsp3) is 0. The van der Waals surface area contributed by atoms with Gasteiger partial charge in [-0.2, -0.15) is 0 Å². The van der Waals surface area contributed by atoms with Gasteiger partial charge in [0.05, 0.1) is 0 Å². The molecule has 0 saturated heterocycles. The van der Waals surface area contributed by atoms with Crippen LogP contribution in [0.2, 0.25) is 0 Å². The Labute approximate surface area is 165 Å². The number of hydrogen-bond donors (Lipinski definition) is 1. The molecule has 0 spiro atoms. The summed E-state index contributed by atoms with van der Waals surface area (Å²) in [6.45, 7) is 0. The Kier molecular flexibility index (Phi) is 3.39. The largest absolute Gasteiger partial charge is 0.569 e. The average Bonchev–Trinajstić information content (AvgIpc) is 3.10. The Balaban J connectivity index is 1.85. The van der Waals surface area contributed by atoms with E-state index in [1.165, 1.54) is 47.1 Å². The van der Waals surface area contributed by atoms with Crippen LogP contribution < -0.4 is 4.65 Å². The van der Waals surface area contributed by atoms with Gasteiger partial charge < -0.3 is 9.68 Å². The third kappa shape index (κ3) is 2.19. The molecule has 0 unspecified atom stereocenters. The van der Waals surface area contributed by atoms with Crippen molar-refractivity contribution in [1.29, 1.82) is 0 Å². The van der Waals surface area contributed by atoms with Crippen LogP contribution in [0.4, 0.5) is 0 Å². The van der Waals surface area contributed by atoms with Gasteiger partial charge in [-0.25, -0.2) is 0 Å². The molecule has 0 aliphatic heterocycles. The lowest BCUT2D eigenvalue weighted by molar-refractivity contribution is 0.454. The van der Waals surface area contributed by atoms with E-state index in [1.807, 2.05) is 23.5 Å². The molecule has 0 aliphatic carbocycles. The van der Waals surface area contributed by atoms with Gasteiger partial charge in [-0.15, -0.1) is 11.3 Å². The standard InChI is InChI=1S/C24H14BO2S/c26-25-27-14-9-10-17-19(11-14)15-5-1-2-6-16(15)20-12-22-18-7-3-4-8-23(18)28-24(22)13-21(17)20/h1-13,26H. The summed E-state index contributed by atoms with van der Waals surface area (Å²) in [6.07, 6.45) is 0. The number of benzene rings is 5. The lowest BCUT2D eigenvalue weighted by atomic mass is 9.93. The Bertz CT molecular complexity index is 1530. The van der Waals surface area contributed by atoms with E-state index >= 15 is 0 Å². The second kappa shape index (κ2) is 5.96. The maximum absolute atomic E-state index is 9.02. The predicted molar refractivity (Wildman–Crippen MR) is 120 cm³/mol. The van der Waals surface area contributed by atoms with Crippen LogP contribution >= 0.6 is 11.3 Å². The third-order valence-corrected chi connectivity index (χ3v) is 6.63. The van der Waals surface area contributed by atoms with Crippen molar-refractivity contribution in [2.45, 2.75) is 0 Å². The van der Waals surface area contributed by atoms with E-state index in [0.717, 1.165) is 13.1 Å². The first-order valence-electron chi connectivity index (χ1n) is 9.15. The monoisotopic (exact) mass is 377 g/mol. The van der Waals surface area contributed by atoms with Crippen molar-refractivity contribution in [3.05, 3.63) is 78.9 Å². The molecule has 0 fully saturated rings. The van der Waals surface area contributed by atoms with Gasteiger partial charge in [-0.1, -0.05) is 48.5 Å². The zero-order chi connectivity index (χ0) is 18.7. The second-order valence-electron chi connectivity index (χ2n) is 6.97. The highest BCUT2D eigenvalue weighted by Crippen LogP contribution is 2.42. The number of fused-ring (bicyclic) bond motifs is 9. The molecule has 4 heteroatoms. The first-order valence-corrected chi connectivity index (χ1v) is 9.97. The van der Waals surface area contributed by atoms with Gasteiger partial charge in [-0.05, 0) is 62.6 Å². The number of thiophene rings is 1. The summed E-state index contributed by atoms with van der Waals surface area (Å²) in [5.74, 6) is 0.627. The molecule has 5 aromatic carbocycles. The SMILES string of the molecule is O[B]Oc1ccc2c(c1)c1ccccc1c1cc3c(cc21)sc1ccccc13. The summed E-state index contributed by atoms with van der Waals surface area (Å²) < 4.78 is 7.83. The maximum Gasteiger partial charge on any atom is 0.569 e. The molecule has 0 aliphatic rings. The van der Waals surface area contributed by atoms with E-state index in [4.69, 9.17) is 9.68 Å². The molecular formula is C24H14BO2S. The summed E-state index contributed by atoms with van der Waals surface area (Å²) in [6, 6.07) is 27.7. The van der Waals surface area contributed by atoms with Crippen LogP contribution in [0.25, 0.3) is 52.5 Å². The van der Waals surface area contributed by atoms with Crippen LogP contribution in [-0.2, 0) is 0 Å². The predicted octanol–water partition coefficient (Wildman–Crippen LogP) is 6.42. The first-order chi connectivity index (χ1) is 13.8. The summed E-state index contributed by atoms with van der Waals surface area (Å²) in [4.78, 5) is 0. The molecule has 6 rings (SSSR count). The van der Waals surface area contributed by atoms with E-state index < -0.39 is 0 Å². The number of rotatable bonds is 2. The molecule has 2 nitrogen and oxygen atoms in total. The summed E-state index contributed by atoms with van der Waals surface area (Å²) in [7, 11) is 0.727. The molecule has 1 radical (unpaired) electrons. The topological polar surface area (TPSA) is 29.5 Å². The summed E-state index contributed by atoms with van der Waals surface area (Å²) >= 11 is 1.84. The van der Waals surface area contributed by atoms with E-state index in [0.29, 0.717) is 5.75 Å². The van der Waals surface area contributed by atoms with Gasteiger partial charge in [0.1, 0.15) is 5.75 Å². The van der Waals surface area contributed by atoms with E-state index in [-0.39, 0.29) is 0 Å². The van der Waals surface area contributed by atoms with Gasteiger partial charge in [0.2, 0.25) is 0 Å². The van der Waals surface area contributed by atoms with Crippen molar-refractivity contribution >= 4 is 71.5 Å². The van der Waals surface area contributed by atoms with Crippen LogP contribution in [0.5, 0.6) is 5.75 Å². The van der Waals surface area contributed by atoms with Gasteiger partial charge in [0.15, 0.2) is 0 Å². The van der Waals surface area contributed by atoms with Gasteiger partial charge in [-0.3, -0.25) is 0 Å². The summed E-state index contributed by atoms with van der Waals surface area (Å²) in [5.41, 5.74) is 0. The fourth-order valence-corrected chi connectivity index (χ4v) is 5.41. The minimum atomic E-state index is 0.627. The lowest BCUT2D eigenvalue weighted by Gasteiger charge is -2.12. The van der Waals surface area contributed by atoms with Crippen molar-refractivity contribution in [3.63, 3.8) is 0 Å². The quantitative estimate of drug-likeness (QED) is 0.279. The van der Waals surface area contributed by atoms with Crippen molar-refractivity contribution in [2.75, 3.05) is 0 Å². The second-order valence-corrected chi connectivity index (χ2v) is 8.05. The smallest absolute Gasteiger partial charge is 0.537 e. The van der Waals surface area contributed by atoms with Crippen LogP contribution in [-0.4, -0.2) is 12.7 Å². The van der Waals surface area contributed by atoms with E-state index in [2.05, 4.69) is 66.7 Å². The first kappa shape index (κ1) is 15.9. The van der Waals surface area contributed by atoms with Crippen molar-refractivity contribution in [1.82, 2.24) is 0 Å². The Morgan fingerprint density at radius 1 is 0.571 bits per heavy atom. The molecule has 6 aromatic rings. The number of hydrogen-bond acceptors (Lipinski definition) is 3. The molecular weight excluding hydrogens is 363 g/mol. The lowest BCUT2D eigenvalue weighted by Crippen LogP contribution is -1.99. The maximum atomic E-state index is 9.02. The normalized spacial score (nSPS) is 11.8. The van der Waals surface area contributed by atoms with Crippen LogP contribution in [0.3, 0.4) is 0 Å². The van der Waals surface area contributed by atoms with E-state index in [9.17, 15) is 0 Å². The minimum absolute atomic E-state index is 0.627. The minimum Gasteiger partial charge on any atom is -0.537 e. The highest BCUT2D eigenvalue weighted by Gasteiger charge is 2.13. The Hall–Kier alpha value is -3.08. The Morgan fingerprint density at radius 2 is 1.21 bits per heavy atom. The molecule has 0 bridgehead atoms. The molecule has 0 amide bonds. The summed E-state index contributed by atoms with van der Waals surface area (Å²) in [5, 5.41) is 18.9. The van der Waals surface area contributed by atoms with Crippen molar-refractivity contribution < 1.29 is 9.68 Å². The molecule has 28 heavy (non-hydrogen) atoms. The zero-order valence-electron chi connectivity index (χ0n) is 14.8. The molecule has 1 aromatic heterocycles. The highest BCUT2D eigenvalue weighted by molar-refractivity contribution is 7.25. The molecule has 131 valence electrons. The molecule has 0 saturated carbocycles. The third-order valence-electron chi connectivity index (χ3n) is 5.49. The van der Waals surface area contributed by atoms with Crippen molar-refractivity contribution in [3.8, 4) is 5.75 Å². The van der Waals surface area contributed by atoms with E-state index in [1.54, 1.807) is 0 Å². The fourth-order valence-electron chi connectivity index (χ4n) is 4.29. The van der Waals surface area contributed by atoms with Crippen LogP contribution in [0, 0.1) is 0 Å². The average molecular weight is 377 g/mol. The van der Waals surface area contributed by atoms with Gasteiger partial charge >= 0.3 is 7.69 Å². The molecule has 1 N–H and O–H groups in total. The van der Waals surface area contributed by atoms with Gasteiger partial charge in [0.25, 0.3) is 0 Å². The molecule has 1 heterocycles. The molecule has 0 atom stereocenters. The van der Waals surface area contributed by atoms with Crippen molar-refractivity contribution in [2.24, 2.45) is 0 Å². The highest BCUT2D eigenvalue weighted by atomic mass is 32.1. The zero-order valence-corrected chi connectivity index (χ0v) is 15.7. The van der Waals surface area contributed by atoms with Crippen LogP contribution in [0.1, 0.15) is 0 Å². The Morgan fingerprint density at radius 3 is 2.00 bits per heavy atom. The van der Waals surface area contributed by atoms with Gasteiger partial charge in [0, 0.05) is 20.2 Å².